The second kappa shape index (κ2) is 7.52. The van der Waals surface area contributed by atoms with Crippen LogP contribution in [0.5, 0.6) is 0 Å². The van der Waals surface area contributed by atoms with Crippen molar-refractivity contribution < 1.29 is 0 Å². The minimum absolute atomic E-state index is 0.408. The van der Waals surface area contributed by atoms with Crippen LogP contribution < -0.4 is 5.73 Å². The maximum absolute atomic E-state index is 6.04. The van der Waals surface area contributed by atoms with Crippen LogP contribution in [0.25, 0.3) is 0 Å². The molecule has 1 aliphatic heterocycles. The Balaban J connectivity index is 1.87. The van der Waals surface area contributed by atoms with Gasteiger partial charge in [0.25, 0.3) is 0 Å². The first-order chi connectivity index (χ1) is 9.61. The van der Waals surface area contributed by atoms with E-state index >= 15 is 0 Å². The van der Waals surface area contributed by atoms with Crippen LogP contribution >= 0.6 is 11.3 Å². The van der Waals surface area contributed by atoms with Gasteiger partial charge >= 0.3 is 0 Å². The van der Waals surface area contributed by atoms with Crippen LogP contribution in [-0.2, 0) is 0 Å². The number of rotatable bonds is 6. The minimum Gasteiger partial charge on any atom is -0.329 e. The maximum Gasteiger partial charge on any atom is 0.0567 e. The molecule has 1 saturated heterocycles. The molecule has 1 fully saturated rings. The van der Waals surface area contributed by atoms with E-state index in [2.05, 4.69) is 47.2 Å². The molecule has 0 aromatic carbocycles. The Kier molecular flexibility index (Phi) is 5.99. The van der Waals surface area contributed by atoms with Crippen molar-refractivity contribution in [2.45, 2.75) is 13.0 Å². The zero-order valence-electron chi connectivity index (χ0n) is 13.0. The lowest BCUT2D eigenvalue weighted by atomic mass is 10.1. The first kappa shape index (κ1) is 15.9. The van der Waals surface area contributed by atoms with E-state index in [9.17, 15) is 0 Å². The van der Waals surface area contributed by atoms with Gasteiger partial charge in [-0.1, -0.05) is 0 Å². The van der Waals surface area contributed by atoms with Crippen molar-refractivity contribution in [2.75, 3.05) is 59.9 Å². The molecule has 1 aromatic heterocycles. The Bertz CT molecular complexity index is 396. The summed E-state index contributed by atoms with van der Waals surface area (Å²) in [5.74, 6) is 0. The van der Waals surface area contributed by atoms with E-state index in [0.717, 1.165) is 39.3 Å². The van der Waals surface area contributed by atoms with Crippen LogP contribution in [0.15, 0.2) is 11.4 Å². The quantitative estimate of drug-likeness (QED) is 0.857. The third-order valence-electron chi connectivity index (χ3n) is 4.14. The summed E-state index contributed by atoms with van der Waals surface area (Å²) in [6.45, 7) is 9.82. The molecule has 2 N–H and O–H groups in total. The van der Waals surface area contributed by atoms with Gasteiger partial charge in [-0.25, -0.2) is 0 Å². The van der Waals surface area contributed by atoms with E-state index in [1.165, 1.54) is 17.0 Å². The van der Waals surface area contributed by atoms with Crippen molar-refractivity contribution in [3.8, 4) is 0 Å². The van der Waals surface area contributed by atoms with Crippen molar-refractivity contribution in [3.05, 3.63) is 21.9 Å². The van der Waals surface area contributed by atoms with Crippen LogP contribution in [0.2, 0.25) is 0 Å². The summed E-state index contributed by atoms with van der Waals surface area (Å²) in [6.07, 6.45) is 0. The van der Waals surface area contributed by atoms with Gasteiger partial charge in [-0.15, -0.1) is 11.3 Å². The van der Waals surface area contributed by atoms with E-state index in [4.69, 9.17) is 5.73 Å². The van der Waals surface area contributed by atoms with Crippen LogP contribution in [0, 0.1) is 6.92 Å². The third-order valence-corrected chi connectivity index (χ3v) is 5.26. The molecular weight excluding hydrogens is 268 g/mol. The average molecular weight is 296 g/mol. The summed E-state index contributed by atoms with van der Waals surface area (Å²) in [6, 6.07) is 2.61. The largest absolute Gasteiger partial charge is 0.329 e. The van der Waals surface area contributed by atoms with Crippen molar-refractivity contribution in [1.82, 2.24) is 14.7 Å². The highest BCUT2D eigenvalue weighted by Gasteiger charge is 2.25. The molecule has 5 heteroatoms. The summed E-state index contributed by atoms with van der Waals surface area (Å²) in [5, 5.41) is 2.18. The van der Waals surface area contributed by atoms with Gasteiger partial charge < -0.3 is 10.6 Å². The van der Waals surface area contributed by atoms with Crippen molar-refractivity contribution in [3.63, 3.8) is 0 Å². The normalized spacial score (nSPS) is 19.6. The van der Waals surface area contributed by atoms with Crippen LogP contribution in [0.3, 0.4) is 0 Å². The molecule has 0 aliphatic carbocycles. The first-order valence-corrected chi connectivity index (χ1v) is 8.35. The average Bonchev–Trinajstić information content (AvgIpc) is 2.85. The molecule has 1 aliphatic rings. The lowest BCUT2D eigenvalue weighted by Crippen LogP contribution is -2.50. The molecule has 0 amide bonds. The van der Waals surface area contributed by atoms with Gasteiger partial charge in [-0.2, -0.15) is 0 Å². The lowest BCUT2D eigenvalue weighted by molar-refractivity contribution is 0.0950. The Morgan fingerprint density at radius 1 is 1.30 bits per heavy atom. The molecule has 0 spiro atoms. The van der Waals surface area contributed by atoms with Gasteiger partial charge in [0, 0.05) is 50.7 Å². The summed E-state index contributed by atoms with van der Waals surface area (Å²) in [4.78, 5) is 8.83. The van der Waals surface area contributed by atoms with Gasteiger partial charge in [0.15, 0.2) is 0 Å². The smallest absolute Gasteiger partial charge is 0.0567 e. The molecule has 0 radical (unpaired) electrons. The zero-order valence-corrected chi connectivity index (χ0v) is 13.8. The number of likely N-dealkylation sites (N-methyl/N-ethyl adjacent to an activating group) is 1. The third kappa shape index (κ3) is 4.02. The Morgan fingerprint density at radius 2 is 2.00 bits per heavy atom. The van der Waals surface area contributed by atoms with E-state index in [1.807, 2.05) is 11.3 Å². The summed E-state index contributed by atoms with van der Waals surface area (Å²) in [5.41, 5.74) is 7.43. The van der Waals surface area contributed by atoms with Crippen LogP contribution in [-0.4, -0.2) is 74.6 Å². The molecule has 20 heavy (non-hydrogen) atoms. The summed E-state index contributed by atoms with van der Waals surface area (Å²) < 4.78 is 0. The molecule has 114 valence electrons. The molecule has 1 unspecified atom stereocenters. The topological polar surface area (TPSA) is 35.7 Å². The fourth-order valence-electron chi connectivity index (χ4n) is 2.79. The van der Waals surface area contributed by atoms with Gasteiger partial charge in [-0.3, -0.25) is 9.80 Å². The van der Waals surface area contributed by atoms with E-state index < -0.39 is 0 Å². The van der Waals surface area contributed by atoms with Gasteiger partial charge in [0.2, 0.25) is 0 Å². The van der Waals surface area contributed by atoms with Crippen LogP contribution in [0.4, 0.5) is 0 Å². The highest BCUT2D eigenvalue weighted by molar-refractivity contribution is 7.10. The Labute approximate surface area is 127 Å². The van der Waals surface area contributed by atoms with E-state index in [0.29, 0.717) is 6.04 Å². The summed E-state index contributed by atoms with van der Waals surface area (Å²) >= 11 is 1.85. The zero-order chi connectivity index (χ0) is 14.5. The van der Waals surface area contributed by atoms with Gasteiger partial charge in [-0.05, 0) is 38.0 Å². The van der Waals surface area contributed by atoms with Gasteiger partial charge in [0.1, 0.15) is 0 Å². The summed E-state index contributed by atoms with van der Waals surface area (Å²) in [7, 11) is 4.28. The van der Waals surface area contributed by atoms with Gasteiger partial charge in [0.05, 0.1) is 6.04 Å². The van der Waals surface area contributed by atoms with Crippen molar-refractivity contribution in [1.29, 1.82) is 0 Å². The fourth-order valence-corrected chi connectivity index (χ4v) is 3.86. The number of nitrogens with zero attached hydrogens (tertiary/aromatic N) is 3. The number of aryl methyl sites for hydroxylation is 1. The molecule has 1 atom stereocenters. The number of piperazine rings is 1. The lowest BCUT2D eigenvalue weighted by Gasteiger charge is -2.39. The standard InChI is InChI=1S/C15H28N4S/c1-13-4-11-20-15(13)14(12-16)19-9-7-18(8-10-19)6-5-17(2)3/h4,11,14H,5-10,12,16H2,1-3H3. The predicted molar refractivity (Wildman–Crippen MR) is 87.4 cm³/mol. The fraction of sp³-hybridized carbons (Fsp3) is 0.733. The Hall–Kier alpha value is -0.460. The molecule has 4 nitrogen and oxygen atoms in total. The monoisotopic (exact) mass is 296 g/mol. The maximum atomic E-state index is 6.04. The van der Waals surface area contributed by atoms with E-state index in [1.54, 1.807) is 0 Å². The first-order valence-electron chi connectivity index (χ1n) is 7.47. The number of thiophene rings is 1. The Morgan fingerprint density at radius 3 is 2.50 bits per heavy atom. The SMILES string of the molecule is Cc1ccsc1C(CN)N1CCN(CCN(C)C)CC1. The highest BCUT2D eigenvalue weighted by Crippen LogP contribution is 2.28. The van der Waals surface area contributed by atoms with E-state index in [-0.39, 0.29) is 0 Å². The van der Waals surface area contributed by atoms with Crippen LogP contribution in [0.1, 0.15) is 16.5 Å². The number of nitrogens with two attached hydrogens (primary N) is 1. The number of hydrogen-bond donors (Lipinski definition) is 1. The molecule has 1 aromatic rings. The minimum atomic E-state index is 0.408. The molecule has 0 bridgehead atoms. The van der Waals surface area contributed by atoms with Crippen molar-refractivity contribution in [2.24, 2.45) is 5.73 Å². The molecule has 2 heterocycles. The molecule has 2 rings (SSSR count). The van der Waals surface area contributed by atoms with Crippen molar-refractivity contribution >= 4 is 11.3 Å². The number of hydrogen-bond acceptors (Lipinski definition) is 5. The second-order valence-electron chi connectivity index (χ2n) is 5.90. The molecule has 0 saturated carbocycles. The molecular formula is C15H28N4S. The highest BCUT2D eigenvalue weighted by atomic mass is 32.1. The predicted octanol–water partition coefficient (Wildman–Crippen LogP) is 1.24. The second-order valence-corrected chi connectivity index (χ2v) is 6.85.